The Labute approximate surface area is 132 Å². The SMILES string of the molecule is CC(C)(C)OC(=O)N1CCCC[C@@H]1[C@@]1(c2ccccc2)CO1. The first-order chi connectivity index (χ1) is 10.4. The first kappa shape index (κ1) is 15.3. The van der Waals surface area contributed by atoms with Crippen molar-refractivity contribution in [2.24, 2.45) is 0 Å². The fraction of sp³-hybridized carbons (Fsp3) is 0.611. The number of benzene rings is 1. The van der Waals surface area contributed by atoms with Crippen molar-refractivity contribution in [3.8, 4) is 0 Å². The van der Waals surface area contributed by atoms with E-state index in [1.807, 2.05) is 43.9 Å². The van der Waals surface area contributed by atoms with Gasteiger partial charge in [-0.25, -0.2) is 4.79 Å². The molecule has 0 bridgehead atoms. The summed E-state index contributed by atoms with van der Waals surface area (Å²) in [5.74, 6) is 0. The highest BCUT2D eigenvalue weighted by Crippen LogP contribution is 2.47. The van der Waals surface area contributed by atoms with E-state index in [9.17, 15) is 4.79 Å². The Morgan fingerprint density at radius 1 is 1.27 bits per heavy atom. The van der Waals surface area contributed by atoms with Crippen LogP contribution in [-0.2, 0) is 15.1 Å². The molecular formula is C18H25NO3. The van der Waals surface area contributed by atoms with Crippen LogP contribution in [0.2, 0.25) is 0 Å². The third kappa shape index (κ3) is 2.98. The average Bonchev–Trinajstić information content (AvgIpc) is 3.28. The van der Waals surface area contributed by atoms with Crippen LogP contribution in [0.5, 0.6) is 0 Å². The third-order valence-electron chi connectivity index (χ3n) is 4.39. The van der Waals surface area contributed by atoms with Gasteiger partial charge in [0.25, 0.3) is 0 Å². The van der Waals surface area contributed by atoms with Crippen LogP contribution in [-0.4, -0.2) is 35.8 Å². The number of likely N-dealkylation sites (tertiary alicyclic amines) is 1. The Kier molecular flexibility index (Phi) is 3.89. The molecule has 3 rings (SSSR count). The lowest BCUT2D eigenvalue weighted by Gasteiger charge is -2.39. The molecule has 22 heavy (non-hydrogen) atoms. The van der Waals surface area contributed by atoms with Gasteiger partial charge >= 0.3 is 6.09 Å². The second-order valence-electron chi connectivity index (χ2n) is 7.23. The number of carbonyl (C=O) groups is 1. The zero-order chi connectivity index (χ0) is 15.8. The average molecular weight is 303 g/mol. The van der Waals surface area contributed by atoms with E-state index in [1.165, 1.54) is 0 Å². The van der Waals surface area contributed by atoms with Gasteiger partial charge in [0.2, 0.25) is 0 Å². The van der Waals surface area contributed by atoms with Crippen LogP contribution in [0.3, 0.4) is 0 Å². The summed E-state index contributed by atoms with van der Waals surface area (Å²) in [6.45, 7) is 7.15. The van der Waals surface area contributed by atoms with E-state index in [-0.39, 0.29) is 17.7 Å². The Morgan fingerprint density at radius 3 is 2.55 bits per heavy atom. The molecule has 0 spiro atoms. The van der Waals surface area contributed by atoms with Crippen LogP contribution in [0.25, 0.3) is 0 Å². The van der Waals surface area contributed by atoms with Crippen LogP contribution < -0.4 is 0 Å². The van der Waals surface area contributed by atoms with Crippen molar-refractivity contribution in [2.75, 3.05) is 13.2 Å². The molecule has 2 fully saturated rings. The van der Waals surface area contributed by atoms with Gasteiger partial charge < -0.3 is 14.4 Å². The molecule has 0 radical (unpaired) electrons. The minimum atomic E-state index is -0.469. The van der Waals surface area contributed by atoms with Gasteiger partial charge in [0.1, 0.15) is 11.2 Å². The fourth-order valence-corrected chi connectivity index (χ4v) is 3.30. The maximum Gasteiger partial charge on any atom is 0.410 e. The fourth-order valence-electron chi connectivity index (χ4n) is 3.30. The first-order valence-corrected chi connectivity index (χ1v) is 8.11. The highest BCUT2D eigenvalue weighted by molar-refractivity contribution is 5.69. The molecule has 1 aromatic carbocycles. The molecule has 1 amide bonds. The number of piperidine rings is 1. The number of hydrogen-bond donors (Lipinski definition) is 0. The predicted octanol–water partition coefficient (Wildman–Crippen LogP) is 3.70. The number of nitrogens with zero attached hydrogens (tertiary/aromatic N) is 1. The molecule has 0 unspecified atom stereocenters. The lowest BCUT2D eigenvalue weighted by molar-refractivity contribution is -0.00370. The molecular weight excluding hydrogens is 278 g/mol. The summed E-state index contributed by atoms with van der Waals surface area (Å²) < 4.78 is 11.5. The number of epoxide rings is 1. The molecule has 2 saturated heterocycles. The summed E-state index contributed by atoms with van der Waals surface area (Å²) in [6.07, 6.45) is 2.90. The van der Waals surface area contributed by atoms with Crippen molar-refractivity contribution in [3.63, 3.8) is 0 Å². The molecule has 0 aromatic heterocycles. The largest absolute Gasteiger partial charge is 0.444 e. The Hall–Kier alpha value is -1.55. The van der Waals surface area contributed by atoms with E-state index in [2.05, 4.69) is 12.1 Å². The highest BCUT2D eigenvalue weighted by atomic mass is 16.6. The minimum Gasteiger partial charge on any atom is -0.444 e. The summed E-state index contributed by atoms with van der Waals surface area (Å²) >= 11 is 0. The molecule has 0 aliphatic carbocycles. The Morgan fingerprint density at radius 2 is 1.95 bits per heavy atom. The van der Waals surface area contributed by atoms with E-state index in [0.717, 1.165) is 31.4 Å². The van der Waals surface area contributed by atoms with Crippen LogP contribution in [0.15, 0.2) is 30.3 Å². The summed E-state index contributed by atoms with van der Waals surface area (Å²) in [5.41, 5.74) is 0.359. The molecule has 2 aliphatic rings. The van der Waals surface area contributed by atoms with Crippen LogP contribution >= 0.6 is 0 Å². The molecule has 0 N–H and O–H groups in total. The normalized spacial score (nSPS) is 28.3. The van der Waals surface area contributed by atoms with Crippen LogP contribution in [0.1, 0.15) is 45.6 Å². The molecule has 4 nitrogen and oxygen atoms in total. The summed E-state index contributed by atoms with van der Waals surface area (Å²) in [4.78, 5) is 14.5. The number of ether oxygens (including phenoxy) is 2. The second-order valence-corrected chi connectivity index (χ2v) is 7.23. The monoisotopic (exact) mass is 303 g/mol. The van der Waals surface area contributed by atoms with Crippen molar-refractivity contribution >= 4 is 6.09 Å². The molecule has 2 heterocycles. The molecule has 4 heteroatoms. The van der Waals surface area contributed by atoms with Gasteiger partial charge in [0.05, 0.1) is 12.6 Å². The summed E-state index contributed by atoms with van der Waals surface area (Å²) in [5, 5.41) is 0. The van der Waals surface area contributed by atoms with E-state index in [1.54, 1.807) is 0 Å². The quantitative estimate of drug-likeness (QED) is 0.782. The standard InChI is InChI=1S/C18H25NO3/c1-17(2,3)22-16(20)19-12-8-7-11-15(19)18(13-21-18)14-9-5-4-6-10-14/h4-6,9-10,15H,7-8,11-13H2,1-3H3/t15-,18+/m1/s1. The highest BCUT2D eigenvalue weighted by Gasteiger charge is 2.56. The van der Waals surface area contributed by atoms with Crippen molar-refractivity contribution in [1.82, 2.24) is 4.90 Å². The van der Waals surface area contributed by atoms with Gasteiger partial charge in [-0.15, -0.1) is 0 Å². The maximum absolute atomic E-state index is 12.6. The third-order valence-corrected chi connectivity index (χ3v) is 4.39. The van der Waals surface area contributed by atoms with E-state index < -0.39 is 5.60 Å². The van der Waals surface area contributed by atoms with E-state index in [0.29, 0.717) is 6.61 Å². The van der Waals surface area contributed by atoms with Gasteiger partial charge in [-0.05, 0) is 45.6 Å². The lowest BCUT2D eigenvalue weighted by Crippen LogP contribution is -2.51. The second kappa shape index (κ2) is 5.58. The van der Waals surface area contributed by atoms with Gasteiger partial charge in [-0.2, -0.15) is 0 Å². The number of amides is 1. The first-order valence-electron chi connectivity index (χ1n) is 8.11. The van der Waals surface area contributed by atoms with Gasteiger partial charge in [0, 0.05) is 6.54 Å². The summed E-state index contributed by atoms with van der Waals surface area (Å²) in [7, 11) is 0. The topological polar surface area (TPSA) is 42.1 Å². The van der Waals surface area contributed by atoms with Gasteiger partial charge in [0.15, 0.2) is 0 Å². The minimum absolute atomic E-state index is 0.0681. The van der Waals surface area contributed by atoms with Gasteiger partial charge in [-0.1, -0.05) is 30.3 Å². The molecule has 120 valence electrons. The van der Waals surface area contributed by atoms with Gasteiger partial charge in [-0.3, -0.25) is 0 Å². The smallest absolute Gasteiger partial charge is 0.410 e. The van der Waals surface area contributed by atoms with Crippen molar-refractivity contribution in [3.05, 3.63) is 35.9 Å². The predicted molar refractivity (Wildman–Crippen MR) is 84.7 cm³/mol. The van der Waals surface area contributed by atoms with E-state index in [4.69, 9.17) is 9.47 Å². The van der Waals surface area contributed by atoms with Crippen LogP contribution in [0.4, 0.5) is 4.79 Å². The zero-order valence-corrected chi connectivity index (χ0v) is 13.7. The molecule has 2 aliphatic heterocycles. The Balaban J connectivity index is 1.83. The van der Waals surface area contributed by atoms with Crippen LogP contribution in [0, 0.1) is 0 Å². The van der Waals surface area contributed by atoms with Crippen molar-refractivity contribution < 1.29 is 14.3 Å². The lowest BCUT2D eigenvalue weighted by atomic mass is 9.85. The number of rotatable bonds is 2. The number of carbonyl (C=O) groups excluding carboxylic acids is 1. The molecule has 1 aromatic rings. The van der Waals surface area contributed by atoms with Crippen molar-refractivity contribution in [1.29, 1.82) is 0 Å². The number of hydrogen-bond acceptors (Lipinski definition) is 3. The molecule has 2 atom stereocenters. The van der Waals surface area contributed by atoms with E-state index >= 15 is 0 Å². The Bertz CT molecular complexity index is 531. The van der Waals surface area contributed by atoms with Crippen molar-refractivity contribution in [2.45, 2.75) is 57.3 Å². The zero-order valence-electron chi connectivity index (χ0n) is 13.7. The summed E-state index contributed by atoms with van der Waals surface area (Å²) in [6, 6.07) is 10.3. The maximum atomic E-state index is 12.6. The molecule has 0 saturated carbocycles.